The van der Waals surface area contributed by atoms with Crippen LogP contribution in [-0.2, 0) is 23.1 Å². The van der Waals surface area contributed by atoms with Gasteiger partial charge < -0.3 is 19.4 Å². The molecule has 0 bridgehead atoms. The Morgan fingerprint density at radius 3 is 3.04 bits per heavy atom. The highest BCUT2D eigenvalue weighted by molar-refractivity contribution is 5.90. The summed E-state index contributed by atoms with van der Waals surface area (Å²) in [5.41, 5.74) is 0. The Kier molecular flexibility index (Phi) is 4.46. The minimum Gasteiger partial charge on any atom is -0.467 e. The van der Waals surface area contributed by atoms with Gasteiger partial charge in [0.25, 0.3) is 5.91 Å². The molecule has 4 rings (SSSR count). The number of hydrogen-bond donors (Lipinski definition) is 1. The van der Waals surface area contributed by atoms with Gasteiger partial charge in [0.05, 0.1) is 18.9 Å². The van der Waals surface area contributed by atoms with Gasteiger partial charge in [-0.1, -0.05) is 0 Å². The zero-order valence-corrected chi connectivity index (χ0v) is 14.5. The first kappa shape index (κ1) is 16.8. The number of fused-ring (bicyclic) bond motifs is 1. The van der Waals surface area contributed by atoms with Gasteiger partial charge in [0, 0.05) is 20.1 Å². The smallest absolute Gasteiger partial charge is 0.293 e. The van der Waals surface area contributed by atoms with Gasteiger partial charge in [-0.25, -0.2) is 4.98 Å². The van der Waals surface area contributed by atoms with Crippen LogP contribution in [0.4, 0.5) is 0 Å². The molecule has 0 unspecified atom stereocenters. The van der Waals surface area contributed by atoms with E-state index in [0.29, 0.717) is 31.8 Å². The third kappa shape index (κ3) is 3.34. The number of aromatic nitrogens is 3. The van der Waals surface area contributed by atoms with E-state index < -0.39 is 6.10 Å². The first-order valence-corrected chi connectivity index (χ1v) is 8.70. The molecule has 0 aromatic carbocycles. The number of hydrogen-bond acceptors (Lipinski definition) is 6. The standard InChI is InChI=1S/C17H21N5O4/c1-21-10-19-15(20-21)17(24)22-5-4-11-7-13(26-14(11)9-22)16(23)18-8-12-3-2-6-25-12/h2-3,6,10-11,13-14H,4-5,7-9H2,1H3,(H,18,23)/t11-,13-,14+/m0/s1. The van der Waals surface area contributed by atoms with E-state index >= 15 is 0 Å². The maximum atomic E-state index is 12.5. The maximum Gasteiger partial charge on any atom is 0.293 e. The third-order valence-electron chi connectivity index (χ3n) is 4.94. The molecular formula is C17H21N5O4. The van der Waals surface area contributed by atoms with Crippen LogP contribution < -0.4 is 5.32 Å². The normalized spacial score (nSPS) is 25.1. The molecule has 2 aliphatic heterocycles. The summed E-state index contributed by atoms with van der Waals surface area (Å²) in [5.74, 6) is 0.846. The van der Waals surface area contributed by atoms with Crippen molar-refractivity contribution in [3.05, 3.63) is 36.3 Å². The van der Waals surface area contributed by atoms with Crippen LogP contribution in [-0.4, -0.2) is 56.8 Å². The molecule has 0 saturated carbocycles. The second-order valence-electron chi connectivity index (χ2n) is 6.74. The first-order valence-electron chi connectivity index (χ1n) is 8.70. The van der Waals surface area contributed by atoms with Crippen LogP contribution in [0.1, 0.15) is 29.2 Å². The second-order valence-corrected chi connectivity index (χ2v) is 6.74. The second kappa shape index (κ2) is 6.91. The summed E-state index contributed by atoms with van der Waals surface area (Å²) >= 11 is 0. The van der Waals surface area contributed by atoms with Gasteiger partial charge in [-0.05, 0) is 30.9 Å². The van der Waals surface area contributed by atoms with Gasteiger partial charge in [0.15, 0.2) is 0 Å². The van der Waals surface area contributed by atoms with Gasteiger partial charge in [-0.2, -0.15) is 0 Å². The largest absolute Gasteiger partial charge is 0.467 e. The van der Waals surface area contributed by atoms with Gasteiger partial charge in [0.2, 0.25) is 11.7 Å². The number of aryl methyl sites for hydroxylation is 1. The molecule has 2 aromatic rings. The average molecular weight is 359 g/mol. The van der Waals surface area contributed by atoms with Crippen molar-refractivity contribution in [2.45, 2.75) is 31.6 Å². The number of rotatable bonds is 4. The van der Waals surface area contributed by atoms with E-state index in [2.05, 4.69) is 15.4 Å². The molecule has 2 saturated heterocycles. The number of carbonyl (C=O) groups is 2. The number of piperidine rings is 1. The molecule has 0 aliphatic carbocycles. The molecule has 138 valence electrons. The average Bonchev–Trinajstić information content (AvgIpc) is 3.38. The fourth-order valence-electron chi connectivity index (χ4n) is 3.56. The van der Waals surface area contributed by atoms with Crippen LogP contribution >= 0.6 is 0 Å². The van der Waals surface area contributed by atoms with Crippen molar-refractivity contribution in [1.82, 2.24) is 25.0 Å². The minimum absolute atomic E-state index is 0.129. The third-order valence-corrected chi connectivity index (χ3v) is 4.94. The Balaban J connectivity index is 1.32. The van der Waals surface area contributed by atoms with E-state index in [1.165, 1.54) is 11.0 Å². The van der Waals surface area contributed by atoms with Crippen LogP contribution in [0.3, 0.4) is 0 Å². The summed E-state index contributed by atoms with van der Waals surface area (Å²) in [7, 11) is 1.72. The monoisotopic (exact) mass is 359 g/mol. The highest BCUT2D eigenvalue weighted by Crippen LogP contribution is 2.33. The molecule has 2 amide bonds. The molecule has 9 nitrogen and oxygen atoms in total. The van der Waals surface area contributed by atoms with Crippen LogP contribution in [0.15, 0.2) is 29.1 Å². The summed E-state index contributed by atoms with van der Waals surface area (Å²) in [6.45, 7) is 1.43. The molecule has 0 radical (unpaired) electrons. The molecule has 3 atom stereocenters. The molecule has 2 aromatic heterocycles. The lowest BCUT2D eigenvalue weighted by Crippen LogP contribution is -2.45. The topological polar surface area (TPSA) is 102 Å². The van der Waals surface area contributed by atoms with Crippen molar-refractivity contribution in [2.24, 2.45) is 13.0 Å². The number of likely N-dealkylation sites (tertiary alicyclic amines) is 1. The first-order chi connectivity index (χ1) is 12.6. The van der Waals surface area contributed by atoms with Crippen molar-refractivity contribution >= 4 is 11.8 Å². The predicted molar refractivity (Wildman–Crippen MR) is 88.8 cm³/mol. The molecule has 2 aliphatic rings. The van der Waals surface area contributed by atoms with Crippen LogP contribution in [0.5, 0.6) is 0 Å². The highest BCUT2D eigenvalue weighted by atomic mass is 16.5. The fourth-order valence-corrected chi connectivity index (χ4v) is 3.56. The van der Waals surface area contributed by atoms with Gasteiger partial charge >= 0.3 is 0 Å². The Hall–Kier alpha value is -2.68. The van der Waals surface area contributed by atoms with Crippen molar-refractivity contribution in [3.8, 4) is 0 Å². The van der Waals surface area contributed by atoms with Crippen molar-refractivity contribution in [2.75, 3.05) is 13.1 Å². The van der Waals surface area contributed by atoms with Crippen LogP contribution in [0.2, 0.25) is 0 Å². The van der Waals surface area contributed by atoms with Crippen LogP contribution in [0.25, 0.3) is 0 Å². The quantitative estimate of drug-likeness (QED) is 0.845. The Bertz CT molecular complexity index is 787. The number of amides is 2. The molecular weight excluding hydrogens is 338 g/mol. The van der Waals surface area contributed by atoms with Crippen LogP contribution in [0, 0.1) is 5.92 Å². The van der Waals surface area contributed by atoms with Crippen molar-refractivity contribution in [1.29, 1.82) is 0 Å². The van der Waals surface area contributed by atoms with Crippen molar-refractivity contribution < 1.29 is 18.7 Å². The molecule has 4 heterocycles. The molecule has 26 heavy (non-hydrogen) atoms. The number of carbonyl (C=O) groups excluding carboxylic acids is 2. The zero-order chi connectivity index (χ0) is 18.1. The summed E-state index contributed by atoms with van der Waals surface area (Å²) in [5, 5.41) is 6.90. The van der Waals surface area contributed by atoms with E-state index in [9.17, 15) is 9.59 Å². The molecule has 1 N–H and O–H groups in total. The number of nitrogens with one attached hydrogen (secondary N) is 1. The fraction of sp³-hybridized carbons (Fsp3) is 0.529. The summed E-state index contributed by atoms with van der Waals surface area (Å²) in [6.07, 6.45) is 3.96. The minimum atomic E-state index is -0.483. The van der Waals surface area contributed by atoms with E-state index in [-0.39, 0.29) is 29.7 Å². The molecule has 2 fully saturated rings. The number of nitrogens with zero attached hydrogens (tertiary/aromatic N) is 4. The Morgan fingerprint density at radius 1 is 1.42 bits per heavy atom. The summed E-state index contributed by atoms with van der Waals surface area (Å²) < 4.78 is 12.7. The predicted octanol–water partition coefficient (Wildman–Crippen LogP) is 0.344. The van der Waals surface area contributed by atoms with Gasteiger partial charge in [-0.3, -0.25) is 14.3 Å². The van der Waals surface area contributed by atoms with Gasteiger partial charge in [0.1, 0.15) is 18.2 Å². The van der Waals surface area contributed by atoms with Gasteiger partial charge in [-0.15, -0.1) is 5.10 Å². The SMILES string of the molecule is Cn1cnc(C(=O)N2CC[C@H]3C[C@@H](C(=O)NCc4ccco4)O[C@@H]3C2)n1. The highest BCUT2D eigenvalue weighted by Gasteiger charge is 2.43. The zero-order valence-electron chi connectivity index (χ0n) is 14.5. The lowest BCUT2D eigenvalue weighted by atomic mass is 9.91. The van der Waals surface area contributed by atoms with E-state index in [4.69, 9.17) is 9.15 Å². The van der Waals surface area contributed by atoms with E-state index in [0.717, 1.165) is 6.42 Å². The Labute approximate surface area is 150 Å². The maximum absolute atomic E-state index is 12.5. The lowest BCUT2D eigenvalue weighted by Gasteiger charge is -2.33. The summed E-state index contributed by atoms with van der Waals surface area (Å²) in [4.78, 5) is 30.6. The number of furan rings is 1. The Morgan fingerprint density at radius 2 is 2.31 bits per heavy atom. The molecule has 9 heteroatoms. The van der Waals surface area contributed by atoms with E-state index in [1.807, 2.05) is 6.07 Å². The van der Waals surface area contributed by atoms with E-state index in [1.54, 1.807) is 24.3 Å². The molecule has 0 spiro atoms. The van der Waals surface area contributed by atoms with Crippen molar-refractivity contribution in [3.63, 3.8) is 0 Å². The number of ether oxygens (including phenoxy) is 1. The lowest BCUT2D eigenvalue weighted by molar-refractivity contribution is -0.132. The summed E-state index contributed by atoms with van der Waals surface area (Å²) in [6, 6.07) is 3.59.